The first-order valence-electron chi connectivity index (χ1n) is 16.3. The van der Waals surface area contributed by atoms with Crippen LogP contribution in [0.4, 0.5) is 0 Å². The van der Waals surface area contributed by atoms with E-state index in [1.54, 1.807) is 0 Å². The van der Waals surface area contributed by atoms with Crippen molar-refractivity contribution in [3.8, 4) is 0 Å². The third kappa shape index (κ3) is 4.17. The van der Waals surface area contributed by atoms with Crippen molar-refractivity contribution in [2.75, 3.05) is 13.7 Å². The maximum atomic E-state index is 14.6. The molecule has 0 aromatic heterocycles. The number of ether oxygens (including phenoxy) is 2. The number of carbonyl (C=O) groups excluding carboxylic acids is 4. The van der Waals surface area contributed by atoms with E-state index < -0.39 is 28.9 Å². The second-order valence-corrected chi connectivity index (χ2v) is 16.0. The van der Waals surface area contributed by atoms with E-state index in [1.165, 1.54) is 38.9 Å². The van der Waals surface area contributed by atoms with Gasteiger partial charge in [-0.25, -0.2) is 0 Å². The van der Waals surface area contributed by atoms with Gasteiger partial charge >= 0.3 is 11.9 Å². The highest BCUT2D eigenvalue weighted by Gasteiger charge is 2.72. The van der Waals surface area contributed by atoms with Gasteiger partial charge < -0.3 is 14.8 Å². The van der Waals surface area contributed by atoms with Crippen molar-refractivity contribution in [2.45, 2.75) is 113 Å². The number of methoxy groups -OCH3 is 1. The predicted octanol–water partition coefficient (Wildman–Crippen LogP) is 6.04. The lowest BCUT2D eigenvalue weighted by molar-refractivity contribution is -0.214. The van der Waals surface area contributed by atoms with Crippen molar-refractivity contribution in [2.24, 2.45) is 56.7 Å². The van der Waals surface area contributed by atoms with E-state index in [-0.39, 0.29) is 46.3 Å². The van der Waals surface area contributed by atoms with E-state index in [1.807, 2.05) is 6.92 Å². The lowest BCUT2D eigenvalue weighted by Crippen LogP contribution is -2.69. The molecule has 0 aromatic rings. The Kier molecular flexibility index (Phi) is 7.58. The molecule has 0 spiro atoms. The molecule has 0 aromatic carbocycles. The van der Waals surface area contributed by atoms with Crippen LogP contribution in [0, 0.1) is 56.7 Å². The van der Waals surface area contributed by atoms with E-state index in [2.05, 4.69) is 52.9 Å². The average Bonchev–Trinajstić information content (AvgIpc) is 2.92. The summed E-state index contributed by atoms with van der Waals surface area (Å²) in [6.45, 7) is 17.3. The van der Waals surface area contributed by atoms with E-state index in [0.717, 1.165) is 19.3 Å². The predicted molar refractivity (Wildman–Crippen MR) is 160 cm³/mol. The topological polar surface area (TPSA) is 98.8 Å². The minimum Gasteiger partial charge on any atom is -0.468 e. The van der Waals surface area contributed by atoms with E-state index in [0.29, 0.717) is 30.6 Å². The quantitative estimate of drug-likeness (QED) is 0.405. The van der Waals surface area contributed by atoms with Crippen LogP contribution in [0.2, 0.25) is 0 Å². The molecule has 4 saturated carbocycles. The molecule has 4 fully saturated rings. The highest BCUT2D eigenvalue weighted by Crippen LogP contribution is 2.75. The number of allylic oxidation sites excluding steroid dienone is 2. The fourth-order valence-corrected chi connectivity index (χ4v) is 11.5. The van der Waals surface area contributed by atoms with Crippen LogP contribution in [0.5, 0.6) is 0 Å². The summed E-state index contributed by atoms with van der Waals surface area (Å²) >= 11 is 0. The van der Waals surface area contributed by atoms with Gasteiger partial charge in [-0.3, -0.25) is 19.2 Å². The van der Waals surface area contributed by atoms with Gasteiger partial charge in [-0.05, 0) is 110 Å². The standard InChI is InChI=1S/C35H53NO6/c1-20-10-13-31(4)16-17-33(6)23(28(31)21(20)2)18-24(38)29-32(5)14-12-26(42-22(3)37)35(8,25(32)11-15-34(29,33)7)30(40)36-19-27(39)41-9/h18,20-21,25-26,28-29H,10-17,19H2,1-9H3,(H,36,40)/t20-,21+,25?,26-,28?,29?,31-,32+,33-,34-,35-/m1/s1. The van der Waals surface area contributed by atoms with Crippen LogP contribution in [-0.2, 0) is 28.7 Å². The third-order valence-corrected chi connectivity index (χ3v) is 14.2. The molecule has 1 amide bonds. The Balaban J connectivity index is 1.58. The molecule has 5 aliphatic rings. The first-order valence-corrected chi connectivity index (χ1v) is 16.3. The molecule has 5 rings (SSSR count). The maximum absolute atomic E-state index is 14.6. The van der Waals surface area contributed by atoms with Crippen molar-refractivity contribution in [1.29, 1.82) is 0 Å². The van der Waals surface area contributed by atoms with E-state index in [4.69, 9.17) is 9.47 Å². The second kappa shape index (κ2) is 10.2. The van der Waals surface area contributed by atoms with Crippen LogP contribution in [0.3, 0.4) is 0 Å². The van der Waals surface area contributed by atoms with Gasteiger partial charge in [0.2, 0.25) is 5.91 Å². The number of nitrogens with one attached hydrogen (secondary N) is 1. The number of rotatable bonds is 4. The van der Waals surface area contributed by atoms with Crippen molar-refractivity contribution in [3.05, 3.63) is 11.6 Å². The van der Waals surface area contributed by atoms with Crippen molar-refractivity contribution in [3.63, 3.8) is 0 Å². The SMILES string of the molecule is COC(=O)CNC(=O)[C@]1(C)C2CC[C@]3(C)C(C(=O)C=C4C5[C@@H](C)[C@H](C)CC[C@]5(C)CC[C@]43C)[C@@]2(C)CC[C@H]1OC(C)=O. The molecule has 7 nitrogen and oxygen atoms in total. The zero-order chi connectivity index (χ0) is 31.0. The van der Waals surface area contributed by atoms with Gasteiger partial charge in [0.25, 0.3) is 0 Å². The molecule has 0 radical (unpaired) electrons. The van der Waals surface area contributed by atoms with Gasteiger partial charge in [0.15, 0.2) is 5.78 Å². The fraction of sp³-hybridized carbons (Fsp3) is 0.829. The molecule has 0 heterocycles. The molecule has 42 heavy (non-hydrogen) atoms. The monoisotopic (exact) mass is 583 g/mol. The molecular weight excluding hydrogens is 530 g/mol. The number of carbonyl (C=O) groups is 4. The van der Waals surface area contributed by atoms with Crippen LogP contribution in [0.25, 0.3) is 0 Å². The molecule has 7 heteroatoms. The normalized spacial score (nSPS) is 47.9. The van der Waals surface area contributed by atoms with Gasteiger partial charge in [0.1, 0.15) is 12.6 Å². The van der Waals surface area contributed by atoms with E-state index in [9.17, 15) is 19.2 Å². The van der Waals surface area contributed by atoms with Gasteiger partial charge in [-0.2, -0.15) is 0 Å². The van der Waals surface area contributed by atoms with Crippen LogP contribution >= 0.6 is 0 Å². The van der Waals surface area contributed by atoms with Crippen molar-refractivity contribution < 1.29 is 28.7 Å². The van der Waals surface area contributed by atoms with Gasteiger partial charge in [0.05, 0.1) is 12.5 Å². The first kappa shape index (κ1) is 31.3. The Bertz CT molecular complexity index is 1210. The van der Waals surface area contributed by atoms with Gasteiger partial charge in [-0.15, -0.1) is 0 Å². The van der Waals surface area contributed by atoms with Crippen LogP contribution < -0.4 is 5.32 Å². The molecule has 0 saturated heterocycles. The number of hydrogen-bond acceptors (Lipinski definition) is 6. The van der Waals surface area contributed by atoms with Crippen LogP contribution in [-0.4, -0.2) is 43.4 Å². The molecule has 3 unspecified atom stereocenters. The summed E-state index contributed by atoms with van der Waals surface area (Å²) in [4.78, 5) is 52.8. The largest absolute Gasteiger partial charge is 0.468 e. The fourth-order valence-electron chi connectivity index (χ4n) is 11.5. The van der Waals surface area contributed by atoms with Crippen LogP contribution in [0.15, 0.2) is 11.6 Å². The maximum Gasteiger partial charge on any atom is 0.325 e. The molecule has 0 bridgehead atoms. The summed E-state index contributed by atoms with van der Waals surface area (Å²) in [7, 11) is 1.29. The Morgan fingerprint density at radius 1 is 0.952 bits per heavy atom. The number of hydrogen-bond donors (Lipinski definition) is 1. The first-order chi connectivity index (χ1) is 19.5. The summed E-state index contributed by atoms with van der Waals surface area (Å²) in [6.07, 6.45) is 8.98. The summed E-state index contributed by atoms with van der Waals surface area (Å²) in [5, 5.41) is 2.79. The van der Waals surface area contributed by atoms with Crippen molar-refractivity contribution >= 4 is 23.6 Å². The summed E-state index contributed by atoms with van der Waals surface area (Å²) in [6, 6.07) is 0. The van der Waals surface area contributed by atoms with Gasteiger partial charge in [-0.1, -0.05) is 47.1 Å². The minimum absolute atomic E-state index is 0.0919. The highest BCUT2D eigenvalue weighted by atomic mass is 16.5. The average molecular weight is 584 g/mol. The number of esters is 2. The lowest BCUT2D eigenvalue weighted by Gasteiger charge is -2.70. The summed E-state index contributed by atoms with van der Waals surface area (Å²) in [5.41, 5.74) is -0.245. The molecule has 234 valence electrons. The Morgan fingerprint density at radius 3 is 2.29 bits per heavy atom. The third-order valence-electron chi connectivity index (χ3n) is 14.2. The highest BCUT2D eigenvalue weighted by molar-refractivity contribution is 5.96. The van der Waals surface area contributed by atoms with Crippen molar-refractivity contribution in [1.82, 2.24) is 5.32 Å². The minimum atomic E-state index is -1.09. The van der Waals surface area contributed by atoms with Crippen LogP contribution in [0.1, 0.15) is 107 Å². The Morgan fingerprint density at radius 2 is 1.64 bits per heavy atom. The summed E-state index contributed by atoms with van der Waals surface area (Å²) in [5.74, 6) is 0.115. The molecular formula is C35H53NO6. The molecule has 0 aliphatic heterocycles. The smallest absolute Gasteiger partial charge is 0.325 e. The van der Waals surface area contributed by atoms with Gasteiger partial charge in [0, 0.05) is 12.8 Å². The number of fused-ring (bicyclic) bond motifs is 7. The lowest BCUT2D eigenvalue weighted by atomic mass is 9.33. The molecule has 5 aliphatic carbocycles. The zero-order valence-electron chi connectivity index (χ0n) is 27.4. The Hall–Kier alpha value is -2.18. The number of ketones is 1. The zero-order valence-corrected chi connectivity index (χ0v) is 27.4. The molecule has 1 N–H and O–H groups in total. The number of amides is 1. The second-order valence-electron chi connectivity index (χ2n) is 16.0. The van der Waals surface area contributed by atoms with E-state index >= 15 is 0 Å². The molecule has 11 atom stereocenters. The summed E-state index contributed by atoms with van der Waals surface area (Å²) < 4.78 is 10.6. The Labute approximate surface area is 252 Å².